The van der Waals surface area contributed by atoms with Crippen LogP contribution in [0.5, 0.6) is 0 Å². The van der Waals surface area contributed by atoms with Gasteiger partial charge in [0.1, 0.15) is 0 Å². The molecular weight excluding hydrogens is 348 g/mol. The molecule has 1 aliphatic heterocycles. The molecule has 0 aromatic heterocycles. The minimum absolute atomic E-state index is 0.00572. The molecule has 1 aliphatic carbocycles. The van der Waals surface area contributed by atoms with Crippen LogP contribution in [0.3, 0.4) is 0 Å². The van der Waals surface area contributed by atoms with Crippen LogP contribution in [0.1, 0.15) is 18.9 Å². The average Bonchev–Trinajstić information content (AvgIpc) is 3.22. The first kappa shape index (κ1) is 17.0. The molecule has 0 radical (unpaired) electrons. The number of rotatable bonds is 5. The molecule has 2 fully saturated rings. The Kier molecular flexibility index (Phi) is 4.96. The van der Waals surface area contributed by atoms with Gasteiger partial charge in [-0.05, 0) is 47.9 Å². The quantitative estimate of drug-likeness (QED) is 0.815. The van der Waals surface area contributed by atoms with Crippen LogP contribution < -0.4 is 5.32 Å². The zero-order valence-electron chi connectivity index (χ0n) is 13.1. The van der Waals surface area contributed by atoms with Crippen LogP contribution in [0, 0.1) is 11.8 Å². The van der Waals surface area contributed by atoms with Crippen molar-refractivity contribution >= 4 is 46.5 Å². The summed E-state index contributed by atoms with van der Waals surface area (Å²) in [6.45, 7) is 2.51. The molecule has 24 heavy (non-hydrogen) atoms. The van der Waals surface area contributed by atoms with Crippen LogP contribution in [0.15, 0.2) is 29.2 Å². The van der Waals surface area contributed by atoms with Crippen LogP contribution in [-0.2, 0) is 9.59 Å². The second-order valence-corrected chi connectivity index (χ2v) is 7.43. The molecule has 7 heteroatoms. The summed E-state index contributed by atoms with van der Waals surface area (Å²) in [5, 5.41) is 3.09. The maximum atomic E-state index is 12.3. The molecule has 126 valence electrons. The largest absolute Gasteiger partial charge is 0.354 e. The van der Waals surface area contributed by atoms with E-state index in [4.69, 9.17) is 11.6 Å². The first-order valence-electron chi connectivity index (χ1n) is 7.74. The summed E-state index contributed by atoms with van der Waals surface area (Å²) in [5.41, 5.74) is 0.806. The Balaban J connectivity index is 1.57. The van der Waals surface area contributed by atoms with Crippen LogP contribution in [0.4, 0.5) is 4.79 Å². The minimum atomic E-state index is -0.325. The van der Waals surface area contributed by atoms with Gasteiger partial charge in [0.15, 0.2) is 0 Å². The van der Waals surface area contributed by atoms with Crippen LogP contribution in [0.25, 0.3) is 6.08 Å². The van der Waals surface area contributed by atoms with Crippen LogP contribution in [0.2, 0.25) is 5.02 Å². The first-order chi connectivity index (χ1) is 11.5. The van der Waals surface area contributed by atoms with E-state index in [1.54, 1.807) is 30.3 Å². The van der Waals surface area contributed by atoms with Gasteiger partial charge in [0, 0.05) is 24.0 Å². The van der Waals surface area contributed by atoms with Gasteiger partial charge in [0.25, 0.3) is 11.1 Å². The third kappa shape index (κ3) is 3.82. The number of carbonyl (C=O) groups excluding carboxylic acids is 3. The van der Waals surface area contributed by atoms with Crippen molar-refractivity contribution in [1.29, 1.82) is 0 Å². The maximum Gasteiger partial charge on any atom is 0.293 e. The number of nitrogens with one attached hydrogen (secondary N) is 1. The Morgan fingerprint density at radius 2 is 2.04 bits per heavy atom. The highest BCUT2D eigenvalue weighted by Crippen LogP contribution is 2.37. The van der Waals surface area contributed by atoms with Crippen LogP contribution >= 0.6 is 23.4 Å². The fraction of sp³-hybridized carbons (Fsp3) is 0.353. The van der Waals surface area contributed by atoms with E-state index < -0.39 is 0 Å². The fourth-order valence-corrected chi connectivity index (χ4v) is 3.50. The molecule has 3 amide bonds. The van der Waals surface area contributed by atoms with Gasteiger partial charge < -0.3 is 5.32 Å². The van der Waals surface area contributed by atoms with E-state index in [1.165, 1.54) is 4.90 Å². The van der Waals surface area contributed by atoms with E-state index in [-0.39, 0.29) is 36.1 Å². The molecule has 2 atom stereocenters. The molecule has 1 aromatic carbocycles. The fourth-order valence-electron chi connectivity index (χ4n) is 2.51. The molecule has 1 saturated carbocycles. The highest BCUT2D eigenvalue weighted by molar-refractivity contribution is 8.18. The number of carbonyl (C=O) groups is 3. The number of halogens is 1. The van der Waals surface area contributed by atoms with Gasteiger partial charge >= 0.3 is 0 Å². The maximum absolute atomic E-state index is 12.3. The Morgan fingerprint density at radius 3 is 2.67 bits per heavy atom. The molecule has 1 aromatic rings. The van der Waals surface area contributed by atoms with Crippen molar-refractivity contribution in [2.45, 2.75) is 13.3 Å². The number of hydrogen-bond donors (Lipinski definition) is 1. The number of nitrogens with zero attached hydrogens (tertiary/aromatic N) is 1. The molecule has 2 unspecified atom stereocenters. The van der Waals surface area contributed by atoms with Gasteiger partial charge in [-0.15, -0.1) is 0 Å². The summed E-state index contributed by atoms with van der Waals surface area (Å²) >= 11 is 6.74. The first-order valence-corrected chi connectivity index (χ1v) is 8.94. The van der Waals surface area contributed by atoms with Gasteiger partial charge in [0.05, 0.1) is 4.91 Å². The molecule has 0 bridgehead atoms. The van der Waals surface area contributed by atoms with Crippen molar-refractivity contribution in [2.24, 2.45) is 11.8 Å². The summed E-state index contributed by atoms with van der Waals surface area (Å²) in [4.78, 5) is 37.7. The van der Waals surface area contributed by atoms with Crippen molar-refractivity contribution in [3.63, 3.8) is 0 Å². The number of imide groups is 1. The summed E-state index contributed by atoms with van der Waals surface area (Å²) in [6, 6.07) is 7.03. The zero-order chi connectivity index (χ0) is 17.3. The highest BCUT2D eigenvalue weighted by atomic mass is 35.5. The molecule has 1 saturated heterocycles. The zero-order valence-corrected chi connectivity index (χ0v) is 14.7. The van der Waals surface area contributed by atoms with Crippen molar-refractivity contribution in [2.75, 3.05) is 13.1 Å². The van der Waals surface area contributed by atoms with Gasteiger partial charge in [-0.25, -0.2) is 0 Å². The molecule has 1 N–H and O–H groups in total. The third-order valence-corrected chi connectivity index (χ3v) is 5.28. The lowest BCUT2D eigenvalue weighted by atomic mass is 10.2. The summed E-state index contributed by atoms with van der Waals surface area (Å²) in [5.74, 6) is 0.203. The standard InChI is InChI=1S/C17H17ClN2O3S/c1-10-8-13(10)15(21)19-6-7-20-16(22)14(24-17(20)23)9-11-2-4-12(18)5-3-11/h2-5,9-10,13H,6-8H2,1H3,(H,19,21)/b14-9-. The smallest absolute Gasteiger partial charge is 0.293 e. The molecule has 1 heterocycles. The van der Waals surface area contributed by atoms with E-state index in [9.17, 15) is 14.4 Å². The normalized spacial score (nSPS) is 24.6. The SMILES string of the molecule is CC1CC1C(=O)NCCN1C(=O)S/C(=C\c2ccc(Cl)cc2)C1=O. The van der Waals surface area contributed by atoms with Gasteiger partial charge in [0.2, 0.25) is 5.91 Å². The van der Waals surface area contributed by atoms with Gasteiger partial charge in [-0.2, -0.15) is 0 Å². The van der Waals surface area contributed by atoms with Gasteiger partial charge in [-0.1, -0.05) is 30.7 Å². The Bertz CT molecular complexity index is 717. The number of hydrogen-bond acceptors (Lipinski definition) is 4. The lowest BCUT2D eigenvalue weighted by Crippen LogP contribution is -2.37. The molecule has 0 spiro atoms. The second kappa shape index (κ2) is 6.99. The van der Waals surface area contributed by atoms with Crippen molar-refractivity contribution < 1.29 is 14.4 Å². The molecular formula is C17H17ClN2O3S. The van der Waals surface area contributed by atoms with Gasteiger partial charge in [-0.3, -0.25) is 19.3 Å². The second-order valence-electron chi connectivity index (χ2n) is 6.00. The highest BCUT2D eigenvalue weighted by Gasteiger charge is 2.39. The summed E-state index contributed by atoms with van der Waals surface area (Å²) in [6.07, 6.45) is 2.59. The lowest BCUT2D eigenvalue weighted by molar-refractivity contribution is -0.125. The topological polar surface area (TPSA) is 66.5 Å². The molecule has 5 nitrogen and oxygen atoms in total. The number of thioether (sulfide) groups is 1. The van der Waals surface area contributed by atoms with Crippen molar-refractivity contribution in [1.82, 2.24) is 10.2 Å². The van der Waals surface area contributed by atoms with Crippen molar-refractivity contribution in [3.05, 3.63) is 39.8 Å². The predicted octanol–water partition coefficient (Wildman–Crippen LogP) is 3.15. The van der Waals surface area contributed by atoms with E-state index in [0.29, 0.717) is 15.8 Å². The Labute approximate surface area is 149 Å². The average molecular weight is 365 g/mol. The van der Waals surface area contributed by atoms with E-state index >= 15 is 0 Å². The van der Waals surface area contributed by atoms with Crippen molar-refractivity contribution in [3.8, 4) is 0 Å². The lowest BCUT2D eigenvalue weighted by Gasteiger charge is -2.12. The molecule has 3 rings (SSSR count). The summed E-state index contributed by atoms with van der Waals surface area (Å²) < 4.78 is 0. The Hall–Kier alpha value is -1.79. The Morgan fingerprint density at radius 1 is 1.38 bits per heavy atom. The van der Waals surface area contributed by atoms with E-state index in [0.717, 1.165) is 23.7 Å². The summed E-state index contributed by atoms with van der Waals surface area (Å²) in [7, 11) is 0. The number of amides is 3. The number of benzene rings is 1. The van der Waals surface area contributed by atoms with E-state index in [1.807, 2.05) is 6.92 Å². The van der Waals surface area contributed by atoms with E-state index in [2.05, 4.69) is 5.32 Å². The molecule has 2 aliphatic rings. The monoisotopic (exact) mass is 364 g/mol. The minimum Gasteiger partial charge on any atom is -0.354 e. The predicted molar refractivity (Wildman–Crippen MR) is 94.4 cm³/mol. The van der Waals surface area contributed by atoms with Crippen LogP contribution in [-0.4, -0.2) is 35.0 Å². The third-order valence-electron chi connectivity index (χ3n) is 4.12.